The number of rotatable bonds is 7. The van der Waals surface area contributed by atoms with E-state index in [1.165, 1.54) is 10.8 Å². The maximum Gasteiger partial charge on any atom is 0.237 e. The van der Waals surface area contributed by atoms with Crippen LogP contribution in [0.3, 0.4) is 0 Å². The molecule has 0 saturated carbocycles. The van der Waals surface area contributed by atoms with Crippen LogP contribution in [0.25, 0.3) is 10.8 Å². The number of hydrogen-bond acceptors (Lipinski definition) is 4. The highest BCUT2D eigenvalue weighted by molar-refractivity contribution is 5.89. The summed E-state index contributed by atoms with van der Waals surface area (Å²) in [5, 5.41) is 14.4. The zero-order chi connectivity index (χ0) is 19.2. The van der Waals surface area contributed by atoms with Crippen LogP contribution in [0.5, 0.6) is 0 Å². The maximum atomic E-state index is 12.6. The van der Waals surface area contributed by atoms with E-state index >= 15 is 0 Å². The average Bonchev–Trinajstić information content (AvgIpc) is 2.68. The molecule has 2 N–H and O–H groups in total. The monoisotopic (exact) mass is 369 g/mol. The van der Waals surface area contributed by atoms with Crippen LogP contribution in [-0.4, -0.2) is 65.5 Å². The first-order valence-electron chi connectivity index (χ1n) is 9.50. The number of hydrogen-bond donors (Lipinski definition) is 2. The number of amides is 2. The summed E-state index contributed by atoms with van der Waals surface area (Å²) in [5.74, 6) is -0.201. The lowest BCUT2D eigenvalue weighted by Crippen LogP contribution is -2.56. The summed E-state index contributed by atoms with van der Waals surface area (Å²) in [5.41, 5.74) is 1.13. The number of carbonyl (C=O) groups is 2. The Morgan fingerprint density at radius 2 is 2.04 bits per heavy atom. The lowest BCUT2D eigenvalue weighted by molar-refractivity contribution is -0.139. The van der Waals surface area contributed by atoms with Crippen LogP contribution in [0.1, 0.15) is 18.9 Å². The quantitative estimate of drug-likeness (QED) is 0.773. The van der Waals surface area contributed by atoms with Gasteiger partial charge in [0.05, 0.1) is 19.1 Å². The number of fused-ring (bicyclic) bond motifs is 1. The molecule has 144 valence electrons. The van der Waals surface area contributed by atoms with Gasteiger partial charge in [-0.25, -0.2) is 0 Å². The standard InChI is InChI=1S/C21H27N3O3/c1-2-23(11-12-25)20(26)14-19-21(27)22-9-10-24(19)15-16-7-8-17-5-3-4-6-18(17)13-16/h3-8,13,19,25H,2,9-12,14-15H2,1H3,(H,22,27). The summed E-state index contributed by atoms with van der Waals surface area (Å²) < 4.78 is 0. The summed E-state index contributed by atoms with van der Waals surface area (Å²) in [6.07, 6.45) is 0.132. The molecule has 6 heteroatoms. The van der Waals surface area contributed by atoms with Crippen molar-refractivity contribution in [2.75, 3.05) is 32.8 Å². The molecule has 1 heterocycles. The molecule has 0 aromatic heterocycles. The Morgan fingerprint density at radius 3 is 2.78 bits per heavy atom. The van der Waals surface area contributed by atoms with Crippen molar-refractivity contribution in [3.8, 4) is 0 Å². The highest BCUT2D eigenvalue weighted by atomic mass is 16.3. The van der Waals surface area contributed by atoms with Gasteiger partial charge in [-0.2, -0.15) is 0 Å². The van der Waals surface area contributed by atoms with Gasteiger partial charge in [-0.3, -0.25) is 14.5 Å². The van der Waals surface area contributed by atoms with Crippen LogP contribution in [0, 0.1) is 0 Å². The Bertz CT molecular complexity index is 808. The maximum absolute atomic E-state index is 12.6. The lowest BCUT2D eigenvalue weighted by atomic mass is 10.0. The van der Waals surface area contributed by atoms with Crippen LogP contribution < -0.4 is 5.32 Å². The molecule has 1 unspecified atom stereocenters. The highest BCUT2D eigenvalue weighted by Gasteiger charge is 2.32. The molecule has 1 aliphatic rings. The number of likely N-dealkylation sites (N-methyl/N-ethyl adjacent to an activating group) is 1. The van der Waals surface area contributed by atoms with Crippen molar-refractivity contribution >= 4 is 22.6 Å². The first-order valence-corrected chi connectivity index (χ1v) is 9.50. The van der Waals surface area contributed by atoms with Gasteiger partial charge in [0.15, 0.2) is 0 Å². The average molecular weight is 369 g/mol. The molecule has 1 saturated heterocycles. The van der Waals surface area contributed by atoms with Gasteiger partial charge in [0.2, 0.25) is 11.8 Å². The summed E-state index contributed by atoms with van der Waals surface area (Å²) in [4.78, 5) is 28.7. The number of aliphatic hydroxyl groups is 1. The van der Waals surface area contributed by atoms with Gasteiger partial charge >= 0.3 is 0 Å². The van der Waals surface area contributed by atoms with Crippen molar-refractivity contribution in [3.05, 3.63) is 48.0 Å². The molecule has 6 nitrogen and oxygen atoms in total. The molecule has 0 spiro atoms. The van der Waals surface area contributed by atoms with E-state index < -0.39 is 6.04 Å². The summed E-state index contributed by atoms with van der Waals surface area (Å²) in [6, 6.07) is 14.0. The van der Waals surface area contributed by atoms with Gasteiger partial charge in [0, 0.05) is 32.7 Å². The van der Waals surface area contributed by atoms with Crippen molar-refractivity contribution < 1.29 is 14.7 Å². The molecule has 0 radical (unpaired) electrons. The van der Waals surface area contributed by atoms with Crippen LogP contribution in [0.2, 0.25) is 0 Å². The molecular formula is C21H27N3O3. The Hall–Kier alpha value is -2.44. The Balaban J connectivity index is 1.74. The smallest absolute Gasteiger partial charge is 0.237 e. The van der Waals surface area contributed by atoms with Gasteiger partial charge in [0.25, 0.3) is 0 Å². The number of aliphatic hydroxyl groups excluding tert-OH is 1. The van der Waals surface area contributed by atoms with Crippen molar-refractivity contribution in [2.24, 2.45) is 0 Å². The fraction of sp³-hybridized carbons (Fsp3) is 0.429. The number of carbonyl (C=O) groups excluding carboxylic acids is 2. The van der Waals surface area contributed by atoms with Gasteiger partial charge in [0.1, 0.15) is 0 Å². The SMILES string of the molecule is CCN(CCO)C(=O)CC1C(=O)NCCN1Cc1ccc2ccccc2c1. The normalized spacial score (nSPS) is 17.7. The minimum atomic E-state index is -0.481. The number of nitrogens with one attached hydrogen (secondary N) is 1. The number of nitrogens with zero attached hydrogens (tertiary/aromatic N) is 2. The molecule has 0 bridgehead atoms. The molecular weight excluding hydrogens is 342 g/mol. The molecule has 2 aromatic rings. The van der Waals surface area contributed by atoms with Gasteiger partial charge in [-0.15, -0.1) is 0 Å². The summed E-state index contributed by atoms with van der Waals surface area (Å²) >= 11 is 0. The van der Waals surface area contributed by atoms with Gasteiger partial charge < -0.3 is 15.3 Å². The van der Waals surface area contributed by atoms with E-state index in [1.54, 1.807) is 4.90 Å². The van der Waals surface area contributed by atoms with Crippen molar-refractivity contribution in [1.82, 2.24) is 15.1 Å². The molecule has 1 fully saturated rings. The molecule has 0 aliphatic carbocycles. The molecule has 27 heavy (non-hydrogen) atoms. The Labute approximate surface area is 159 Å². The molecule has 1 atom stereocenters. The largest absolute Gasteiger partial charge is 0.395 e. The number of benzene rings is 2. The third-order valence-corrected chi connectivity index (χ3v) is 5.11. The molecule has 3 rings (SSSR count). The Morgan fingerprint density at radius 1 is 1.26 bits per heavy atom. The third kappa shape index (κ3) is 4.64. The lowest BCUT2D eigenvalue weighted by Gasteiger charge is -2.35. The molecule has 1 aliphatic heterocycles. The summed E-state index contributed by atoms with van der Waals surface area (Å²) in [6.45, 7) is 4.56. The number of piperazine rings is 1. The van der Waals surface area contributed by atoms with Crippen molar-refractivity contribution in [2.45, 2.75) is 25.9 Å². The first-order chi connectivity index (χ1) is 13.1. The summed E-state index contributed by atoms with van der Waals surface area (Å²) in [7, 11) is 0. The van der Waals surface area contributed by atoms with Crippen LogP contribution >= 0.6 is 0 Å². The van der Waals surface area contributed by atoms with E-state index in [1.807, 2.05) is 19.1 Å². The van der Waals surface area contributed by atoms with Crippen LogP contribution in [0.4, 0.5) is 0 Å². The third-order valence-electron chi connectivity index (χ3n) is 5.11. The minimum Gasteiger partial charge on any atom is -0.395 e. The zero-order valence-corrected chi connectivity index (χ0v) is 15.7. The van der Waals surface area contributed by atoms with E-state index in [0.717, 1.165) is 5.56 Å². The predicted octanol–water partition coefficient (Wildman–Crippen LogP) is 1.37. The minimum absolute atomic E-state index is 0.0722. The van der Waals surface area contributed by atoms with Crippen molar-refractivity contribution in [1.29, 1.82) is 0 Å². The van der Waals surface area contributed by atoms with Gasteiger partial charge in [-0.05, 0) is 29.3 Å². The fourth-order valence-corrected chi connectivity index (χ4v) is 3.62. The highest BCUT2D eigenvalue weighted by Crippen LogP contribution is 2.19. The van der Waals surface area contributed by atoms with Gasteiger partial charge in [-0.1, -0.05) is 36.4 Å². The fourth-order valence-electron chi connectivity index (χ4n) is 3.62. The Kier molecular flexibility index (Phi) is 6.42. The van der Waals surface area contributed by atoms with Crippen molar-refractivity contribution in [3.63, 3.8) is 0 Å². The van der Waals surface area contributed by atoms with Crippen LogP contribution in [0.15, 0.2) is 42.5 Å². The molecule has 2 aromatic carbocycles. The second kappa shape index (κ2) is 8.97. The van der Waals surface area contributed by atoms with E-state index in [0.29, 0.717) is 32.7 Å². The predicted molar refractivity (Wildman–Crippen MR) is 105 cm³/mol. The van der Waals surface area contributed by atoms with Crippen LogP contribution in [-0.2, 0) is 16.1 Å². The van der Waals surface area contributed by atoms with E-state index in [9.17, 15) is 9.59 Å². The second-order valence-electron chi connectivity index (χ2n) is 6.86. The topological polar surface area (TPSA) is 72.9 Å². The van der Waals surface area contributed by atoms with E-state index in [4.69, 9.17) is 5.11 Å². The first kappa shape index (κ1) is 19.3. The zero-order valence-electron chi connectivity index (χ0n) is 15.7. The molecule has 2 amide bonds. The van der Waals surface area contributed by atoms with E-state index in [-0.39, 0.29) is 24.8 Å². The second-order valence-corrected chi connectivity index (χ2v) is 6.86. The van der Waals surface area contributed by atoms with E-state index in [2.05, 4.69) is 40.5 Å².